The molecule has 0 spiro atoms. The molecule has 3 rings (SSSR count). The number of rotatable bonds is 1. The van der Waals surface area contributed by atoms with Gasteiger partial charge in [0.1, 0.15) is 5.52 Å². The first-order valence-electron chi connectivity index (χ1n) is 6.04. The molecule has 0 bridgehead atoms. The van der Waals surface area contributed by atoms with E-state index >= 15 is 0 Å². The van der Waals surface area contributed by atoms with Crippen LogP contribution in [-0.4, -0.2) is 9.97 Å². The van der Waals surface area contributed by atoms with Crippen molar-refractivity contribution in [1.29, 1.82) is 0 Å². The van der Waals surface area contributed by atoms with Crippen molar-refractivity contribution in [1.82, 2.24) is 9.97 Å². The molecule has 2 aromatic carbocycles. The Morgan fingerprint density at radius 3 is 2.48 bits per heavy atom. The van der Waals surface area contributed by atoms with E-state index in [1.165, 1.54) is 24.4 Å². The van der Waals surface area contributed by atoms with E-state index in [9.17, 15) is 13.2 Å². The summed E-state index contributed by atoms with van der Waals surface area (Å²) in [5, 5.41) is 0.353. The summed E-state index contributed by atoms with van der Waals surface area (Å²) in [7, 11) is 0. The number of aromatic nitrogens is 2. The Kier molecular flexibility index (Phi) is 3.29. The van der Waals surface area contributed by atoms with Gasteiger partial charge in [-0.15, -0.1) is 0 Å². The Labute approximate surface area is 123 Å². The average Bonchev–Trinajstić information content (AvgIpc) is 2.46. The van der Waals surface area contributed by atoms with E-state index in [1.54, 1.807) is 18.2 Å². The van der Waals surface area contributed by atoms with Crippen molar-refractivity contribution >= 4 is 22.6 Å². The zero-order chi connectivity index (χ0) is 15.0. The zero-order valence-corrected chi connectivity index (χ0v) is 11.3. The summed E-state index contributed by atoms with van der Waals surface area (Å²) >= 11 is 6.02. The molecule has 1 aromatic heterocycles. The van der Waals surface area contributed by atoms with Crippen LogP contribution < -0.4 is 0 Å². The predicted octanol–water partition coefficient (Wildman–Crippen LogP) is 4.97. The van der Waals surface area contributed by atoms with Crippen molar-refractivity contribution < 1.29 is 13.2 Å². The molecule has 0 atom stereocenters. The minimum atomic E-state index is -4.45. The third-order valence-electron chi connectivity index (χ3n) is 3.03. The van der Waals surface area contributed by atoms with Gasteiger partial charge in [0, 0.05) is 5.56 Å². The molecule has 0 N–H and O–H groups in total. The van der Waals surface area contributed by atoms with Crippen molar-refractivity contribution in [3.05, 3.63) is 59.2 Å². The Hall–Kier alpha value is -2.14. The Morgan fingerprint density at radius 1 is 0.952 bits per heavy atom. The fourth-order valence-electron chi connectivity index (χ4n) is 2.08. The van der Waals surface area contributed by atoms with Crippen LogP contribution in [0.25, 0.3) is 22.3 Å². The van der Waals surface area contributed by atoms with E-state index < -0.39 is 11.7 Å². The summed E-state index contributed by atoms with van der Waals surface area (Å²) in [5.74, 6) is 0. The number of hydrogen-bond donors (Lipinski definition) is 0. The zero-order valence-electron chi connectivity index (χ0n) is 10.5. The summed E-state index contributed by atoms with van der Waals surface area (Å²) in [6.45, 7) is 0. The molecule has 0 aliphatic carbocycles. The second kappa shape index (κ2) is 5.00. The molecule has 0 saturated heterocycles. The molecule has 3 aromatic rings. The number of hydrogen-bond acceptors (Lipinski definition) is 2. The smallest absolute Gasteiger partial charge is 0.252 e. The van der Waals surface area contributed by atoms with Crippen LogP contribution in [0.3, 0.4) is 0 Å². The van der Waals surface area contributed by atoms with E-state index in [-0.39, 0.29) is 11.3 Å². The Bertz CT molecular complexity index is 815. The molecule has 0 unspecified atom stereocenters. The minimum Gasteiger partial charge on any atom is -0.252 e. The molecule has 0 amide bonds. The van der Waals surface area contributed by atoms with Crippen LogP contribution in [0.4, 0.5) is 13.2 Å². The number of nitrogens with zero attached hydrogens (tertiary/aromatic N) is 2. The maximum absolute atomic E-state index is 13.1. The van der Waals surface area contributed by atoms with E-state index in [0.717, 1.165) is 6.07 Å². The second-order valence-electron chi connectivity index (χ2n) is 4.41. The molecule has 1 heterocycles. The van der Waals surface area contributed by atoms with Crippen LogP contribution in [-0.2, 0) is 6.18 Å². The molecule has 0 aliphatic rings. The average molecular weight is 309 g/mol. The highest BCUT2D eigenvalue weighted by Gasteiger charge is 2.33. The maximum Gasteiger partial charge on any atom is 0.417 e. The molecular formula is C15H8ClF3N2. The molecule has 106 valence electrons. The van der Waals surface area contributed by atoms with Crippen LogP contribution in [0.15, 0.2) is 48.7 Å². The molecule has 6 heteroatoms. The van der Waals surface area contributed by atoms with E-state index in [0.29, 0.717) is 16.1 Å². The van der Waals surface area contributed by atoms with Gasteiger partial charge in [-0.2, -0.15) is 13.2 Å². The van der Waals surface area contributed by atoms with Crippen LogP contribution in [0, 0.1) is 0 Å². The molecule has 0 saturated carbocycles. The maximum atomic E-state index is 13.1. The van der Waals surface area contributed by atoms with Crippen molar-refractivity contribution in [2.24, 2.45) is 0 Å². The van der Waals surface area contributed by atoms with Gasteiger partial charge in [0.05, 0.1) is 28.0 Å². The number of halogens is 4. The molecule has 2 nitrogen and oxygen atoms in total. The third kappa shape index (κ3) is 2.56. The predicted molar refractivity (Wildman–Crippen MR) is 75.0 cm³/mol. The van der Waals surface area contributed by atoms with Gasteiger partial charge in [0.15, 0.2) is 0 Å². The van der Waals surface area contributed by atoms with E-state index in [2.05, 4.69) is 9.97 Å². The van der Waals surface area contributed by atoms with Crippen LogP contribution in [0.5, 0.6) is 0 Å². The summed E-state index contributed by atoms with van der Waals surface area (Å²) < 4.78 is 39.2. The quantitative estimate of drug-likeness (QED) is 0.634. The first-order valence-corrected chi connectivity index (χ1v) is 6.42. The van der Waals surface area contributed by atoms with Crippen LogP contribution in [0.1, 0.15) is 5.56 Å². The fraction of sp³-hybridized carbons (Fsp3) is 0.0667. The van der Waals surface area contributed by atoms with Crippen molar-refractivity contribution in [3.8, 4) is 11.3 Å². The van der Waals surface area contributed by atoms with Gasteiger partial charge in [0.25, 0.3) is 0 Å². The number of alkyl halides is 3. The third-order valence-corrected chi connectivity index (χ3v) is 3.34. The van der Waals surface area contributed by atoms with Gasteiger partial charge in [-0.1, -0.05) is 35.9 Å². The van der Waals surface area contributed by atoms with E-state index in [4.69, 9.17) is 11.6 Å². The standard InChI is InChI=1S/C15H8ClF3N2/c16-11-6-3-7-12-14(11)21-13(8-20-12)9-4-1-2-5-10(9)15(17,18)19/h1-8H. The minimum absolute atomic E-state index is 0.0145. The second-order valence-corrected chi connectivity index (χ2v) is 4.81. The van der Waals surface area contributed by atoms with Crippen molar-refractivity contribution in [3.63, 3.8) is 0 Å². The van der Waals surface area contributed by atoms with Gasteiger partial charge in [-0.3, -0.25) is 4.98 Å². The van der Waals surface area contributed by atoms with Crippen molar-refractivity contribution in [2.75, 3.05) is 0 Å². The van der Waals surface area contributed by atoms with Crippen LogP contribution in [0.2, 0.25) is 5.02 Å². The summed E-state index contributed by atoms with van der Waals surface area (Å²) in [6, 6.07) is 10.3. The summed E-state index contributed by atoms with van der Waals surface area (Å²) in [6.07, 6.45) is -3.13. The Balaban J connectivity index is 2.24. The SMILES string of the molecule is FC(F)(F)c1ccccc1-c1cnc2cccc(Cl)c2n1. The largest absolute Gasteiger partial charge is 0.417 e. The first-order chi connectivity index (χ1) is 9.97. The lowest BCUT2D eigenvalue weighted by Crippen LogP contribution is -2.07. The van der Waals surface area contributed by atoms with Gasteiger partial charge in [-0.25, -0.2) is 4.98 Å². The fourth-order valence-corrected chi connectivity index (χ4v) is 2.29. The van der Waals surface area contributed by atoms with Crippen LogP contribution >= 0.6 is 11.6 Å². The molecule has 21 heavy (non-hydrogen) atoms. The molecular weight excluding hydrogens is 301 g/mol. The van der Waals surface area contributed by atoms with Gasteiger partial charge in [-0.05, 0) is 18.2 Å². The monoisotopic (exact) mass is 308 g/mol. The number of fused-ring (bicyclic) bond motifs is 1. The highest BCUT2D eigenvalue weighted by atomic mass is 35.5. The van der Waals surface area contributed by atoms with Gasteiger partial charge in [0.2, 0.25) is 0 Å². The lowest BCUT2D eigenvalue weighted by atomic mass is 10.0. The lowest BCUT2D eigenvalue weighted by molar-refractivity contribution is -0.137. The highest BCUT2D eigenvalue weighted by Crippen LogP contribution is 2.36. The molecule has 0 radical (unpaired) electrons. The van der Waals surface area contributed by atoms with Gasteiger partial charge < -0.3 is 0 Å². The number of para-hydroxylation sites is 1. The highest BCUT2D eigenvalue weighted by molar-refractivity contribution is 6.34. The summed E-state index contributed by atoms with van der Waals surface area (Å²) in [4.78, 5) is 8.35. The lowest BCUT2D eigenvalue weighted by Gasteiger charge is -2.12. The summed E-state index contributed by atoms with van der Waals surface area (Å²) in [5.41, 5.74) is 0.304. The normalized spacial score (nSPS) is 11.8. The van der Waals surface area contributed by atoms with E-state index in [1.807, 2.05) is 0 Å². The van der Waals surface area contributed by atoms with Gasteiger partial charge >= 0.3 is 6.18 Å². The molecule has 0 fully saturated rings. The van der Waals surface area contributed by atoms with Crippen molar-refractivity contribution in [2.45, 2.75) is 6.18 Å². The first kappa shape index (κ1) is 13.8. The number of benzene rings is 2. The molecule has 0 aliphatic heterocycles. The Morgan fingerprint density at radius 2 is 1.71 bits per heavy atom. The topological polar surface area (TPSA) is 25.8 Å².